The Balaban J connectivity index is 2.66. The van der Waals surface area contributed by atoms with E-state index >= 15 is 0 Å². The summed E-state index contributed by atoms with van der Waals surface area (Å²) in [6.45, 7) is -1.13. The SMILES string of the molecule is COc1ccc(OC)c(CNCC(F)(F)C(F)F)c1. The zero-order valence-electron chi connectivity index (χ0n) is 10.6. The van der Waals surface area contributed by atoms with Crippen LogP contribution in [0.4, 0.5) is 17.6 Å². The van der Waals surface area contributed by atoms with Gasteiger partial charge in [-0.25, -0.2) is 8.78 Å². The van der Waals surface area contributed by atoms with Gasteiger partial charge in [-0.2, -0.15) is 8.78 Å². The average molecular weight is 281 g/mol. The van der Waals surface area contributed by atoms with Gasteiger partial charge in [-0.3, -0.25) is 0 Å². The molecule has 3 nitrogen and oxygen atoms in total. The molecule has 0 aliphatic rings. The zero-order valence-corrected chi connectivity index (χ0v) is 10.6. The van der Waals surface area contributed by atoms with Crippen LogP contribution in [0.2, 0.25) is 0 Å². The lowest BCUT2D eigenvalue weighted by Gasteiger charge is -2.17. The Morgan fingerprint density at radius 3 is 2.42 bits per heavy atom. The van der Waals surface area contributed by atoms with Gasteiger partial charge in [0.1, 0.15) is 11.5 Å². The fourth-order valence-corrected chi connectivity index (χ4v) is 1.46. The quantitative estimate of drug-likeness (QED) is 0.779. The van der Waals surface area contributed by atoms with Gasteiger partial charge in [0, 0.05) is 12.1 Å². The maximum atomic E-state index is 12.7. The van der Waals surface area contributed by atoms with Gasteiger partial charge in [0.25, 0.3) is 0 Å². The van der Waals surface area contributed by atoms with Crippen LogP contribution in [0.15, 0.2) is 18.2 Å². The van der Waals surface area contributed by atoms with Gasteiger partial charge in [0.2, 0.25) is 0 Å². The summed E-state index contributed by atoms with van der Waals surface area (Å²) in [6.07, 6.45) is -3.69. The van der Waals surface area contributed by atoms with Crippen LogP contribution in [0.5, 0.6) is 11.5 Å². The summed E-state index contributed by atoms with van der Waals surface area (Å²) in [5, 5.41) is 2.28. The number of nitrogens with one attached hydrogen (secondary N) is 1. The van der Waals surface area contributed by atoms with Crippen LogP contribution in [0.25, 0.3) is 0 Å². The van der Waals surface area contributed by atoms with Gasteiger partial charge < -0.3 is 14.8 Å². The highest BCUT2D eigenvalue weighted by atomic mass is 19.3. The second-order valence-corrected chi connectivity index (χ2v) is 3.84. The highest BCUT2D eigenvalue weighted by Gasteiger charge is 2.40. The molecule has 0 saturated heterocycles. The molecule has 0 aliphatic heterocycles. The Morgan fingerprint density at radius 1 is 1.21 bits per heavy atom. The van der Waals surface area contributed by atoms with Crippen LogP contribution < -0.4 is 14.8 Å². The Hall–Kier alpha value is -1.50. The molecule has 0 bridgehead atoms. The molecule has 0 unspecified atom stereocenters. The van der Waals surface area contributed by atoms with E-state index < -0.39 is 18.9 Å². The first-order valence-electron chi connectivity index (χ1n) is 5.48. The molecule has 0 saturated carbocycles. The predicted molar refractivity (Wildman–Crippen MR) is 62.2 cm³/mol. The maximum absolute atomic E-state index is 12.7. The summed E-state index contributed by atoms with van der Waals surface area (Å²) >= 11 is 0. The molecule has 7 heteroatoms. The molecule has 1 aromatic rings. The minimum absolute atomic E-state index is 0.0251. The molecule has 0 amide bonds. The number of alkyl halides is 4. The van der Waals surface area contributed by atoms with Crippen molar-refractivity contribution in [3.8, 4) is 11.5 Å². The van der Waals surface area contributed by atoms with Gasteiger partial charge in [0.05, 0.1) is 20.8 Å². The topological polar surface area (TPSA) is 30.5 Å². The van der Waals surface area contributed by atoms with Crippen molar-refractivity contribution in [1.29, 1.82) is 0 Å². The first-order valence-corrected chi connectivity index (χ1v) is 5.48. The number of hydrogen-bond donors (Lipinski definition) is 1. The summed E-state index contributed by atoms with van der Waals surface area (Å²) in [7, 11) is 2.89. The molecule has 1 aromatic carbocycles. The molecule has 0 heterocycles. The van der Waals surface area contributed by atoms with Crippen LogP contribution >= 0.6 is 0 Å². The Labute approximate surface area is 108 Å². The van der Waals surface area contributed by atoms with Gasteiger partial charge in [-0.1, -0.05) is 0 Å². The van der Waals surface area contributed by atoms with E-state index in [0.29, 0.717) is 17.1 Å². The first kappa shape index (κ1) is 15.6. The van der Waals surface area contributed by atoms with E-state index in [9.17, 15) is 17.6 Å². The fourth-order valence-electron chi connectivity index (χ4n) is 1.46. The van der Waals surface area contributed by atoms with Crippen LogP contribution in [0.3, 0.4) is 0 Å². The fraction of sp³-hybridized carbons (Fsp3) is 0.500. The van der Waals surface area contributed by atoms with Crippen molar-refractivity contribution in [2.45, 2.75) is 18.9 Å². The predicted octanol–water partition coefficient (Wildman–Crippen LogP) is 2.69. The van der Waals surface area contributed by atoms with Crippen molar-refractivity contribution in [2.75, 3.05) is 20.8 Å². The molecule has 0 aliphatic carbocycles. The largest absolute Gasteiger partial charge is 0.497 e. The number of hydrogen-bond acceptors (Lipinski definition) is 3. The molecule has 0 radical (unpaired) electrons. The average Bonchev–Trinajstić information content (AvgIpc) is 2.38. The van der Waals surface area contributed by atoms with Crippen LogP contribution in [-0.2, 0) is 6.54 Å². The lowest BCUT2D eigenvalue weighted by Crippen LogP contribution is -2.38. The van der Waals surface area contributed by atoms with E-state index in [-0.39, 0.29) is 6.54 Å². The number of benzene rings is 1. The molecular formula is C12H15F4NO2. The van der Waals surface area contributed by atoms with E-state index in [1.807, 2.05) is 0 Å². The van der Waals surface area contributed by atoms with Crippen LogP contribution in [0.1, 0.15) is 5.56 Å². The van der Waals surface area contributed by atoms with Crippen molar-refractivity contribution in [1.82, 2.24) is 5.32 Å². The Kier molecular flexibility index (Phi) is 5.41. The molecule has 108 valence electrons. The minimum atomic E-state index is -4.05. The summed E-state index contributed by atoms with van der Waals surface area (Å²) < 4.78 is 59.4. The third-order valence-electron chi connectivity index (χ3n) is 2.48. The number of halogens is 4. The van der Waals surface area contributed by atoms with E-state index in [4.69, 9.17) is 9.47 Å². The molecule has 0 aromatic heterocycles. The van der Waals surface area contributed by atoms with Gasteiger partial charge in [-0.05, 0) is 18.2 Å². The standard InChI is InChI=1S/C12H15F4NO2/c1-18-9-3-4-10(19-2)8(5-9)6-17-7-12(15,16)11(13)14/h3-5,11,17H,6-7H2,1-2H3. The molecular weight excluding hydrogens is 266 g/mol. The van der Waals surface area contributed by atoms with Crippen molar-refractivity contribution in [3.05, 3.63) is 23.8 Å². The monoisotopic (exact) mass is 281 g/mol. The molecule has 0 spiro atoms. The van der Waals surface area contributed by atoms with E-state index in [0.717, 1.165) is 0 Å². The second kappa shape index (κ2) is 6.60. The Bertz CT molecular complexity index is 413. The summed E-state index contributed by atoms with van der Waals surface area (Å²) in [5.74, 6) is -3.06. The molecule has 0 fully saturated rings. The smallest absolute Gasteiger partial charge is 0.319 e. The number of ether oxygens (including phenoxy) is 2. The van der Waals surface area contributed by atoms with E-state index in [2.05, 4.69) is 5.32 Å². The van der Waals surface area contributed by atoms with Crippen LogP contribution in [-0.4, -0.2) is 33.1 Å². The summed E-state index contributed by atoms with van der Waals surface area (Å²) in [6, 6.07) is 4.85. The van der Waals surface area contributed by atoms with Crippen molar-refractivity contribution in [3.63, 3.8) is 0 Å². The van der Waals surface area contributed by atoms with Crippen molar-refractivity contribution in [2.24, 2.45) is 0 Å². The molecule has 1 N–H and O–H groups in total. The highest BCUT2D eigenvalue weighted by Crippen LogP contribution is 2.25. The normalized spacial score (nSPS) is 11.7. The summed E-state index contributed by atoms with van der Waals surface area (Å²) in [5.41, 5.74) is 0.548. The number of methoxy groups -OCH3 is 2. The van der Waals surface area contributed by atoms with Gasteiger partial charge in [-0.15, -0.1) is 0 Å². The number of rotatable bonds is 7. The molecule has 19 heavy (non-hydrogen) atoms. The maximum Gasteiger partial charge on any atom is 0.319 e. The van der Waals surface area contributed by atoms with E-state index in [1.165, 1.54) is 14.2 Å². The third-order valence-corrected chi connectivity index (χ3v) is 2.48. The van der Waals surface area contributed by atoms with Crippen molar-refractivity contribution >= 4 is 0 Å². The van der Waals surface area contributed by atoms with Gasteiger partial charge >= 0.3 is 12.3 Å². The molecule has 0 atom stereocenters. The van der Waals surface area contributed by atoms with Crippen LogP contribution in [0, 0.1) is 0 Å². The lowest BCUT2D eigenvalue weighted by molar-refractivity contribution is -0.125. The Morgan fingerprint density at radius 2 is 1.89 bits per heavy atom. The highest BCUT2D eigenvalue weighted by molar-refractivity contribution is 5.40. The summed E-state index contributed by atoms with van der Waals surface area (Å²) in [4.78, 5) is 0. The lowest BCUT2D eigenvalue weighted by atomic mass is 10.2. The zero-order chi connectivity index (χ0) is 14.5. The van der Waals surface area contributed by atoms with Crippen molar-refractivity contribution < 1.29 is 27.0 Å². The second-order valence-electron chi connectivity index (χ2n) is 3.84. The minimum Gasteiger partial charge on any atom is -0.497 e. The molecule has 1 rings (SSSR count). The van der Waals surface area contributed by atoms with E-state index in [1.54, 1.807) is 18.2 Å². The van der Waals surface area contributed by atoms with Gasteiger partial charge in [0.15, 0.2) is 0 Å². The third kappa shape index (κ3) is 4.27. The first-order chi connectivity index (χ1) is 8.90.